The highest BCUT2D eigenvalue weighted by Crippen LogP contribution is 2.29. The first kappa shape index (κ1) is 11.5. The molecule has 0 bridgehead atoms. The van der Waals surface area contributed by atoms with Crippen molar-refractivity contribution in [3.8, 4) is 11.1 Å². The molecule has 0 N–H and O–H groups in total. The lowest BCUT2D eigenvalue weighted by molar-refractivity contribution is 0.112. The maximum Gasteiger partial charge on any atom is 0.150 e. The largest absolute Gasteiger partial charge is 0.298 e. The highest BCUT2D eigenvalue weighted by Gasteiger charge is 2.14. The molecule has 0 saturated carbocycles. The van der Waals surface area contributed by atoms with Gasteiger partial charge in [0.1, 0.15) is 11.6 Å². The van der Waals surface area contributed by atoms with E-state index in [0.29, 0.717) is 6.29 Å². The molecule has 0 spiro atoms. The first-order valence-electron chi connectivity index (χ1n) is 5.13. The predicted molar refractivity (Wildman–Crippen MR) is 61.9 cm³/mol. The third kappa shape index (κ3) is 2.09. The summed E-state index contributed by atoms with van der Waals surface area (Å²) in [6.07, 6.45) is 0.528. The molecule has 0 aliphatic rings. The molecule has 0 saturated heterocycles. The lowest BCUT2D eigenvalue weighted by Gasteiger charge is -2.08. The molecule has 17 heavy (non-hydrogen) atoms. The van der Waals surface area contributed by atoms with Crippen LogP contribution in [-0.2, 0) is 0 Å². The van der Waals surface area contributed by atoms with Gasteiger partial charge in [-0.2, -0.15) is 0 Å². The molecule has 0 amide bonds. The zero-order valence-corrected chi connectivity index (χ0v) is 9.21. The predicted octanol–water partition coefficient (Wildman–Crippen LogP) is 3.75. The van der Waals surface area contributed by atoms with Crippen LogP contribution >= 0.6 is 0 Å². The second-order valence-corrected chi connectivity index (χ2v) is 3.81. The van der Waals surface area contributed by atoms with Crippen molar-refractivity contribution in [2.75, 3.05) is 0 Å². The fraction of sp³-hybridized carbons (Fsp3) is 0.0714. The molecular formula is C14H10F2O. The van der Waals surface area contributed by atoms with Crippen molar-refractivity contribution in [1.29, 1.82) is 0 Å². The van der Waals surface area contributed by atoms with Crippen LogP contribution in [0.2, 0.25) is 0 Å². The summed E-state index contributed by atoms with van der Waals surface area (Å²) >= 11 is 0. The Bertz CT molecular complexity index is 576. The second kappa shape index (κ2) is 4.45. The molecule has 2 rings (SSSR count). The Labute approximate surface area is 97.7 Å². The fourth-order valence-corrected chi connectivity index (χ4v) is 1.75. The van der Waals surface area contributed by atoms with Crippen LogP contribution in [0.1, 0.15) is 15.9 Å². The molecule has 2 aromatic rings. The van der Waals surface area contributed by atoms with Crippen LogP contribution in [0.25, 0.3) is 11.1 Å². The zero-order valence-electron chi connectivity index (χ0n) is 9.21. The van der Waals surface area contributed by atoms with Crippen molar-refractivity contribution >= 4 is 6.29 Å². The number of carbonyl (C=O) groups is 1. The molecule has 0 atom stereocenters. The van der Waals surface area contributed by atoms with E-state index in [0.717, 1.165) is 5.56 Å². The molecule has 0 heterocycles. The number of hydrogen-bond acceptors (Lipinski definition) is 1. The maximum absolute atomic E-state index is 13.7. The third-order valence-corrected chi connectivity index (χ3v) is 2.56. The average Bonchev–Trinajstić information content (AvgIpc) is 2.32. The minimum Gasteiger partial charge on any atom is -0.298 e. The van der Waals surface area contributed by atoms with Crippen LogP contribution in [0.3, 0.4) is 0 Å². The first-order chi connectivity index (χ1) is 8.13. The number of halogens is 2. The Hall–Kier alpha value is -2.03. The van der Waals surface area contributed by atoms with E-state index in [4.69, 9.17) is 0 Å². The van der Waals surface area contributed by atoms with Gasteiger partial charge in [0.15, 0.2) is 6.29 Å². The summed E-state index contributed by atoms with van der Waals surface area (Å²) in [7, 11) is 0. The van der Waals surface area contributed by atoms with Gasteiger partial charge < -0.3 is 0 Å². The van der Waals surface area contributed by atoms with E-state index in [1.165, 1.54) is 30.3 Å². The molecule has 0 aliphatic carbocycles. The number of aryl methyl sites for hydroxylation is 1. The molecule has 3 heteroatoms. The molecule has 0 aromatic heterocycles. The van der Waals surface area contributed by atoms with Gasteiger partial charge >= 0.3 is 0 Å². The summed E-state index contributed by atoms with van der Waals surface area (Å²) in [4.78, 5) is 10.9. The number of rotatable bonds is 2. The third-order valence-electron chi connectivity index (χ3n) is 2.56. The van der Waals surface area contributed by atoms with Crippen LogP contribution < -0.4 is 0 Å². The fourth-order valence-electron chi connectivity index (χ4n) is 1.75. The van der Waals surface area contributed by atoms with E-state index < -0.39 is 11.6 Å². The average molecular weight is 232 g/mol. The van der Waals surface area contributed by atoms with E-state index in [9.17, 15) is 13.6 Å². The van der Waals surface area contributed by atoms with Crippen LogP contribution in [0.4, 0.5) is 8.78 Å². The Morgan fingerprint density at radius 3 is 2.53 bits per heavy atom. The molecule has 2 aromatic carbocycles. The molecule has 0 radical (unpaired) electrons. The van der Waals surface area contributed by atoms with Crippen molar-refractivity contribution in [3.05, 3.63) is 59.2 Å². The smallest absolute Gasteiger partial charge is 0.150 e. The van der Waals surface area contributed by atoms with Crippen LogP contribution in [0.5, 0.6) is 0 Å². The number of benzene rings is 2. The monoisotopic (exact) mass is 232 g/mol. The molecule has 0 aliphatic heterocycles. The zero-order chi connectivity index (χ0) is 12.4. The maximum atomic E-state index is 13.7. The standard InChI is InChI=1S/C14H10F2O/c1-9-5-6-12(15)11(7-9)14-10(8-17)3-2-4-13(14)16/h2-8H,1H3. The molecule has 0 fully saturated rings. The van der Waals surface area contributed by atoms with Gasteiger partial charge in [-0.1, -0.05) is 23.8 Å². The summed E-state index contributed by atoms with van der Waals surface area (Å²) in [5, 5.41) is 0. The van der Waals surface area contributed by atoms with Crippen LogP contribution in [0, 0.1) is 18.6 Å². The van der Waals surface area contributed by atoms with Crippen molar-refractivity contribution in [2.45, 2.75) is 6.92 Å². The lowest BCUT2D eigenvalue weighted by Crippen LogP contribution is -1.95. The van der Waals surface area contributed by atoms with Gasteiger partial charge in [-0.15, -0.1) is 0 Å². The highest BCUT2D eigenvalue weighted by atomic mass is 19.1. The summed E-state index contributed by atoms with van der Waals surface area (Å²) in [5.41, 5.74) is 1.09. The minimum atomic E-state index is -0.598. The highest BCUT2D eigenvalue weighted by molar-refractivity contribution is 5.88. The van der Waals surface area contributed by atoms with Gasteiger partial charge in [0.25, 0.3) is 0 Å². The molecule has 0 unspecified atom stereocenters. The topological polar surface area (TPSA) is 17.1 Å². The van der Waals surface area contributed by atoms with Gasteiger partial charge in [0.2, 0.25) is 0 Å². The quantitative estimate of drug-likeness (QED) is 0.720. The number of aldehydes is 1. The Balaban J connectivity index is 2.75. The van der Waals surface area contributed by atoms with Crippen molar-refractivity contribution in [3.63, 3.8) is 0 Å². The molecular weight excluding hydrogens is 222 g/mol. The van der Waals surface area contributed by atoms with Crippen LogP contribution in [-0.4, -0.2) is 6.29 Å². The Kier molecular flexibility index (Phi) is 3.00. The number of carbonyl (C=O) groups excluding carboxylic acids is 1. The van der Waals surface area contributed by atoms with E-state index >= 15 is 0 Å². The minimum absolute atomic E-state index is 0.0173. The van der Waals surface area contributed by atoms with Crippen molar-refractivity contribution in [1.82, 2.24) is 0 Å². The van der Waals surface area contributed by atoms with Gasteiger partial charge in [0.05, 0.1) is 0 Å². The van der Waals surface area contributed by atoms with Gasteiger partial charge in [-0.25, -0.2) is 8.78 Å². The molecule has 1 nitrogen and oxygen atoms in total. The summed E-state index contributed by atoms with van der Waals surface area (Å²) < 4.78 is 27.4. The van der Waals surface area contributed by atoms with Crippen molar-refractivity contribution in [2.24, 2.45) is 0 Å². The van der Waals surface area contributed by atoms with Gasteiger partial charge in [0, 0.05) is 16.7 Å². The number of hydrogen-bond donors (Lipinski definition) is 0. The molecule has 86 valence electrons. The van der Waals surface area contributed by atoms with Gasteiger partial charge in [-0.3, -0.25) is 4.79 Å². The van der Waals surface area contributed by atoms with E-state index in [1.54, 1.807) is 13.0 Å². The summed E-state index contributed by atoms with van der Waals surface area (Å²) in [5.74, 6) is -1.14. The Morgan fingerprint density at radius 1 is 1.06 bits per heavy atom. The Morgan fingerprint density at radius 2 is 1.82 bits per heavy atom. The first-order valence-corrected chi connectivity index (χ1v) is 5.13. The second-order valence-electron chi connectivity index (χ2n) is 3.81. The summed E-state index contributed by atoms with van der Waals surface area (Å²) in [6, 6.07) is 8.50. The normalized spacial score (nSPS) is 10.3. The summed E-state index contributed by atoms with van der Waals surface area (Å²) in [6.45, 7) is 1.78. The SMILES string of the molecule is Cc1ccc(F)c(-c2c(F)cccc2C=O)c1. The van der Waals surface area contributed by atoms with E-state index in [2.05, 4.69) is 0 Å². The lowest BCUT2D eigenvalue weighted by atomic mass is 9.98. The van der Waals surface area contributed by atoms with Crippen molar-refractivity contribution < 1.29 is 13.6 Å². The van der Waals surface area contributed by atoms with E-state index in [-0.39, 0.29) is 16.7 Å². The van der Waals surface area contributed by atoms with Crippen LogP contribution in [0.15, 0.2) is 36.4 Å². The van der Waals surface area contributed by atoms with Gasteiger partial charge in [-0.05, 0) is 25.1 Å². The van der Waals surface area contributed by atoms with E-state index in [1.807, 2.05) is 0 Å².